The summed E-state index contributed by atoms with van der Waals surface area (Å²) >= 11 is 0. The van der Waals surface area contributed by atoms with Gasteiger partial charge in [-0.1, -0.05) is 0 Å². The summed E-state index contributed by atoms with van der Waals surface area (Å²) < 4.78 is 35.6. The SMILES string of the molecule is O=C(O)c1occc1COc1cc(F)cc(F)c1. The fraction of sp³-hybridized carbons (Fsp3) is 0.0833. The van der Waals surface area contributed by atoms with E-state index in [2.05, 4.69) is 0 Å². The highest BCUT2D eigenvalue weighted by Crippen LogP contribution is 2.18. The second kappa shape index (κ2) is 4.87. The van der Waals surface area contributed by atoms with Crippen LogP contribution in [0, 0.1) is 11.6 Å². The predicted molar refractivity (Wildman–Crippen MR) is 56.4 cm³/mol. The van der Waals surface area contributed by atoms with Gasteiger partial charge in [0.15, 0.2) is 0 Å². The minimum Gasteiger partial charge on any atom is -0.489 e. The van der Waals surface area contributed by atoms with E-state index in [1.54, 1.807) is 0 Å². The van der Waals surface area contributed by atoms with Crippen LogP contribution in [-0.4, -0.2) is 11.1 Å². The van der Waals surface area contributed by atoms with Crippen LogP contribution < -0.4 is 4.74 Å². The number of carboxylic acid groups (broad SMARTS) is 1. The van der Waals surface area contributed by atoms with Crippen molar-refractivity contribution in [3.05, 3.63) is 53.5 Å². The lowest BCUT2D eigenvalue weighted by molar-refractivity contribution is 0.0658. The predicted octanol–water partition coefficient (Wildman–Crippen LogP) is 2.84. The lowest BCUT2D eigenvalue weighted by Crippen LogP contribution is -2.02. The van der Waals surface area contributed by atoms with Crippen molar-refractivity contribution >= 4 is 5.97 Å². The van der Waals surface area contributed by atoms with Crippen molar-refractivity contribution in [2.45, 2.75) is 6.61 Å². The number of furan rings is 1. The van der Waals surface area contributed by atoms with Gasteiger partial charge in [-0.3, -0.25) is 0 Å². The third-order valence-electron chi connectivity index (χ3n) is 2.17. The maximum atomic E-state index is 12.9. The number of hydrogen-bond acceptors (Lipinski definition) is 3. The van der Waals surface area contributed by atoms with E-state index in [4.69, 9.17) is 14.3 Å². The van der Waals surface area contributed by atoms with Crippen LogP contribution in [0.4, 0.5) is 8.78 Å². The largest absolute Gasteiger partial charge is 0.489 e. The van der Waals surface area contributed by atoms with Gasteiger partial charge in [-0.2, -0.15) is 0 Å². The third kappa shape index (κ3) is 2.65. The highest BCUT2D eigenvalue weighted by atomic mass is 19.1. The molecule has 0 saturated heterocycles. The van der Waals surface area contributed by atoms with E-state index in [0.717, 1.165) is 12.1 Å². The Bertz CT molecular complexity index is 557. The molecule has 0 aliphatic rings. The fourth-order valence-electron chi connectivity index (χ4n) is 1.41. The Kier molecular flexibility index (Phi) is 3.27. The Morgan fingerprint density at radius 3 is 2.56 bits per heavy atom. The first kappa shape index (κ1) is 12.1. The van der Waals surface area contributed by atoms with Crippen LogP contribution in [0.5, 0.6) is 5.75 Å². The summed E-state index contributed by atoms with van der Waals surface area (Å²) in [7, 11) is 0. The highest BCUT2D eigenvalue weighted by molar-refractivity contribution is 5.86. The van der Waals surface area contributed by atoms with Gasteiger partial charge in [0.25, 0.3) is 0 Å². The molecule has 1 N–H and O–H groups in total. The lowest BCUT2D eigenvalue weighted by atomic mass is 10.2. The second-order valence-corrected chi connectivity index (χ2v) is 3.47. The van der Waals surface area contributed by atoms with E-state index >= 15 is 0 Å². The minimum absolute atomic E-state index is 0.0231. The molecule has 1 heterocycles. The number of carbonyl (C=O) groups is 1. The van der Waals surface area contributed by atoms with Crippen LogP contribution in [0.25, 0.3) is 0 Å². The van der Waals surface area contributed by atoms with Crippen molar-refractivity contribution < 1.29 is 27.8 Å². The Morgan fingerprint density at radius 1 is 1.28 bits per heavy atom. The van der Waals surface area contributed by atoms with E-state index in [1.807, 2.05) is 0 Å². The first-order valence-corrected chi connectivity index (χ1v) is 4.95. The molecule has 1 aromatic carbocycles. The normalized spacial score (nSPS) is 10.3. The van der Waals surface area contributed by atoms with Gasteiger partial charge in [-0.05, 0) is 6.07 Å². The molecule has 6 heteroatoms. The van der Waals surface area contributed by atoms with Crippen molar-refractivity contribution in [2.24, 2.45) is 0 Å². The Labute approximate surface area is 100 Å². The zero-order chi connectivity index (χ0) is 13.1. The maximum Gasteiger partial charge on any atom is 0.372 e. The van der Waals surface area contributed by atoms with Crippen molar-refractivity contribution in [1.82, 2.24) is 0 Å². The maximum absolute atomic E-state index is 12.9. The summed E-state index contributed by atoms with van der Waals surface area (Å²) in [6.07, 6.45) is 1.20. The summed E-state index contributed by atoms with van der Waals surface area (Å²) in [5.41, 5.74) is 0.284. The van der Waals surface area contributed by atoms with Crippen molar-refractivity contribution in [3.63, 3.8) is 0 Å². The number of halogens is 2. The van der Waals surface area contributed by atoms with Crippen LogP contribution in [-0.2, 0) is 6.61 Å². The van der Waals surface area contributed by atoms with E-state index in [-0.39, 0.29) is 23.7 Å². The minimum atomic E-state index is -1.23. The molecule has 94 valence electrons. The Balaban J connectivity index is 2.11. The number of aromatic carboxylic acids is 1. The van der Waals surface area contributed by atoms with Gasteiger partial charge in [0, 0.05) is 23.8 Å². The van der Waals surface area contributed by atoms with Gasteiger partial charge in [0.1, 0.15) is 24.0 Å². The number of rotatable bonds is 4. The van der Waals surface area contributed by atoms with Gasteiger partial charge in [-0.25, -0.2) is 13.6 Å². The second-order valence-electron chi connectivity index (χ2n) is 3.47. The molecule has 1 aromatic heterocycles. The average Bonchev–Trinajstić information content (AvgIpc) is 2.73. The molecular formula is C12H8F2O4. The third-order valence-corrected chi connectivity index (χ3v) is 2.17. The van der Waals surface area contributed by atoms with Gasteiger partial charge in [-0.15, -0.1) is 0 Å². The molecule has 0 aliphatic carbocycles. The van der Waals surface area contributed by atoms with Gasteiger partial charge >= 0.3 is 5.97 Å². The van der Waals surface area contributed by atoms with E-state index < -0.39 is 17.6 Å². The molecule has 0 fully saturated rings. The number of hydrogen-bond donors (Lipinski definition) is 1. The molecule has 2 rings (SSSR count). The molecule has 0 unspecified atom stereocenters. The van der Waals surface area contributed by atoms with Gasteiger partial charge < -0.3 is 14.3 Å². The number of benzene rings is 1. The van der Waals surface area contributed by atoms with E-state index in [0.29, 0.717) is 6.07 Å². The summed E-state index contributed by atoms with van der Waals surface area (Å²) in [6, 6.07) is 4.14. The van der Waals surface area contributed by atoms with Crippen molar-refractivity contribution in [2.75, 3.05) is 0 Å². The summed E-state index contributed by atoms with van der Waals surface area (Å²) in [5, 5.41) is 8.77. The van der Waals surface area contributed by atoms with Crippen LogP contribution >= 0.6 is 0 Å². The number of carboxylic acids is 1. The van der Waals surface area contributed by atoms with Gasteiger partial charge in [0.2, 0.25) is 5.76 Å². The molecule has 2 aromatic rings. The number of ether oxygens (including phenoxy) is 1. The molecule has 0 atom stereocenters. The van der Waals surface area contributed by atoms with Crippen LogP contribution in [0.3, 0.4) is 0 Å². The average molecular weight is 254 g/mol. The first-order chi connectivity index (χ1) is 8.56. The summed E-state index contributed by atoms with van der Waals surface area (Å²) in [6.45, 7) is -0.152. The molecule has 0 bridgehead atoms. The molecule has 0 radical (unpaired) electrons. The molecular weight excluding hydrogens is 246 g/mol. The van der Waals surface area contributed by atoms with E-state index in [1.165, 1.54) is 12.3 Å². The molecule has 0 amide bonds. The van der Waals surface area contributed by atoms with Crippen molar-refractivity contribution in [3.8, 4) is 5.75 Å². The Morgan fingerprint density at radius 2 is 1.94 bits per heavy atom. The topological polar surface area (TPSA) is 59.7 Å². The van der Waals surface area contributed by atoms with Crippen LogP contribution in [0.15, 0.2) is 34.9 Å². The van der Waals surface area contributed by atoms with Crippen LogP contribution in [0.2, 0.25) is 0 Å². The lowest BCUT2D eigenvalue weighted by Gasteiger charge is -2.05. The fourth-order valence-corrected chi connectivity index (χ4v) is 1.41. The molecule has 4 nitrogen and oxygen atoms in total. The van der Waals surface area contributed by atoms with E-state index in [9.17, 15) is 13.6 Å². The van der Waals surface area contributed by atoms with Gasteiger partial charge in [0.05, 0.1) is 6.26 Å². The molecule has 18 heavy (non-hydrogen) atoms. The van der Waals surface area contributed by atoms with Crippen LogP contribution in [0.1, 0.15) is 16.1 Å². The summed E-state index contributed by atoms with van der Waals surface area (Å²) in [4.78, 5) is 10.7. The molecule has 0 aliphatic heterocycles. The molecule has 0 saturated carbocycles. The quantitative estimate of drug-likeness (QED) is 0.911. The molecule has 0 spiro atoms. The highest BCUT2D eigenvalue weighted by Gasteiger charge is 2.14. The monoisotopic (exact) mass is 254 g/mol. The Hall–Kier alpha value is -2.37. The van der Waals surface area contributed by atoms with Crippen molar-refractivity contribution in [1.29, 1.82) is 0 Å². The standard InChI is InChI=1S/C12H8F2O4/c13-8-3-9(14)5-10(4-8)18-6-7-1-2-17-11(7)12(15)16/h1-5H,6H2,(H,15,16). The first-order valence-electron chi connectivity index (χ1n) is 4.95. The zero-order valence-corrected chi connectivity index (χ0v) is 9.02. The summed E-state index contributed by atoms with van der Waals surface area (Å²) in [5.74, 6) is -3.05. The smallest absolute Gasteiger partial charge is 0.372 e. The zero-order valence-electron chi connectivity index (χ0n) is 9.02.